The van der Waals surface area contributed by atoms with Crippen LogP contribution in [-0.4, -0.2) is 23.3 Å². The molecule has 0 unspecified atom stereocenters. The van der Waals surface area contributed by atoms with E-state index in [-0.39, 0.29) is 5.82 Å². The molecule has 0 amide bonds. The largest absolute Gasteiger partial charge is 0.468 e. The third kappa shape index (κ3) is 3.92. The number of carbonyl (C=O) groups excluding carboxylic acids is 1. The number of thioether (sulfide) groups is 1. The van der Waals surface area contributed by atoms with Gasteiger partial charge in [-0.15, -0.1) is 10.2 Å². The van der Waals surface area contributed by atoms with Crippen molar-refractivity contribution in [3.8, 4) is 0 Å². The topological polar surface area (TPSA) is 77.2 Å². The van der Waals surface area contributed by atoms with E-state index in [0.717, 1.165) is 5.69 Å². The molecule has 0 saturated heterocycles. The van der Waals surface area contributed by atoms with E-state index in [4.69, 9.17) is 9.15 Å². The van der Waals surface area contributed by atoms with Gasteiger partial charge >= 0.3 is 5.97 Å². The van der Waals surface area contributed by atoms with E-state index in [1.807, 2.05) is 0 Å². The van der Waals surface area contributed by atoms with E-state index < -0.39 is 5.97 Å². The fourth-order valence-electron chi connectivity index (χ4n) is 1.85. The molecule has 3 aromatic rings. The molecule has 9 heteroatoms. The van der Waals surface area contributed by atoms with Crippen LogP contribution in [0.4, 0.5) is 15.2 Å². The molecule has 24 heavy (non-hydrogen) atoms. The Bertz CT molecular complexity index is 833. The number of carbonyl (C=O) groups is 1. The van der Waals surface area contributed by atoms with Crippen molar-refractivity contribution in [2.75, 3.05) is 12.4 Å². The second-order valence-corrected chi connectivity index (χ2v) is 6.74. The Morgan fingerprint density at radius 2 is 2.12 bits per heavy atom. The number of ether oxygens (including phenoxy) is 1. The van der Waals surface area contributed by atoms with Gasteiger partial charge in [-0.1, -0.05) is 23.1 Å². The molecule has 2 heterocycles. The van der Waals surface area contributed by atoms with Gasteiger partial charge in [-0.3, -0.25) is 0 Å². The van der Waals surface area contributed by atoms with Crippen molar-refractivity contribution in [3.05, 3.63) is 53.7 Å². The van der Waals surface area contributed by atoms with Gasteiger partial charge in [0, 0.05) is 5.69 Å². The number of furan rings is 1. The molecule has 1 N–H and O–H groups in total. The molecule has 0 aliphatic carbocycles. The number of nitrogens with one attached hydrogen (secondary N) is 1. The molecule has 0 fully saturated rings. The van der Waals surface area contributed by atoms with Crippen molar-refractivity contribution in [1.82, 2.24) is 10.2 Å². The average molecular weight is 365 g/mol. The molecule has 124 valence electrons. The fraction of sp³-hybridized carbons (Fsp3) is 0.133. The Hall–Kier alpha value is -2.39. The summed E-state index contributed by atoms with van der Waals surface area (Å²) in [6.07, 6.45) is 1.45. The maximum absolute atomic E-state index is 12.9. The molecule has 0 bridgehead atoms. The van der Waals surface area contributed by atoms with Crippen LogP contribution in [0.25, 0.3) is 0 Å². The van der Waals surface area contributed by atoms with Crippen molar-refractivity contribution >= 4 is 39.9 Å². The van der Waals surface area contributed by atoms with Gasteiger partial charge in [-0.2, -0.15) is 0 Å². The Morgan fingerprint density at radius 3 is 2.88 bits per heavy atom. The standard InChI is InChI=1S/C15H12FN3O3S2/c1-21-13(20)11-6-7-22-12(11)8-23-15-19-18-14(24-15)17-10-4-2-9(16)3-5-10/h2-7H,8H2,1H3,(H,17,18). The first-order valence-electron chi connectivity index (χ1n) is 6.79. The molecule has 2 aromatic heterocycles. The zero-order valence-corrected chi connectivity index (χ0v) is 14.1. The molecule has 0 atom stereocenters. The second kappa shape index (κ2) is 7.45. The summed E-state index contributed by atoms with van der Waals surface area (Å²) in [4.78, 5) is 11.6. The first-order chi connectivity index (χ1) is 11.7. The molecule has 0 spiro atoms. The van der Waals surface area contributed by atoms with Crippen molar-refractivity contribution in [2.45, 2.75) is 10.1 Å². The van der Waals surface area contributed by atoms with Crippen LogP contribution in [0, 0.1) is 5.82 Å². The third-order valence-electron chi connectivity index (χ3n) is 2.98. The molecule has 0 radical (unpaired) electrons. The Kier molecular flexibility index (Phi) is 5.11. The van der Waals surface area contributed by atoms with E-state index in [9.17, 15) is 9.18 Å². The number of halogens is 1. The first kappa shape index (κ1) is 16.5. The number of anilines is 2. The Morgan fingerprint density at radius 1 is 1.33 bits per heavy atom. The van der Waals surface area contributed by atoms with Crippen molar-refractivity contribution in [2.24, 2.45) is 0 Å². The third-order valence-corrected chi connectivity index (χ3v) is 4.95. The van der Waals surface area contributed by atoms with E-state index in [1.54, 1.807) is 18.2 Å². The summed E-state index contributed by atoms with van der Waals surface area (Å²) in [6, 6.07) is 7.54. The van der Waals surface area contributed by atoms with Crippen molar-refractivity contribution < 1.29 is 18.3 Å². The minimum atomic E-state index is -0.435. The smallest absolute Gasteiger partial charge is 0.341 e. The number of aromatic nitrogens is 2. The number of hydrogen-bond acceptors (Lipinski definition) is 8. The lowest BCUT2D eigenvalue weighted by Crippen LogP contribution is -2.02. The van der Waals surface area contributed by atoms with Gasteiger partial charge in [0.2, 0.25) is 5.13 Å². The van der Waals surface area contributed by atoms with Crippen LogP contribution in [0.5, 0.6) is 0 Å². The summed E-state index contributed by atoms with van der Waals surface area (Å²) in [6.45, 7) is 0. The summed E-state index contributed by atoms with van der Waals surface area (Å²) >= 11 is 2.75. The van der Waals surface area contributed by atoms with Gasteiger partial charge in [0.25, 0.3) is 0 Å². The number of nitrogens with zero attached hydrogens (tertiary/aromatic N) is 2. The highest BCUT2D eigenvalue weighted by Gasteiger charge is 2.16. The summed E-state index contributed by atoms with van der Waals surface area (Å²) in [5, 5.41) is 11.7. The Labute approximate surface area is 145 Å². The molecule has 0 aliphatic rings. The highest BCUT2D eigenvalue weighted by atomic mass is 32.2. The summed E-state index contributed by atoms with van der Waals surface area (Å²) < 4.78 is 23.6. The van der Waals surface area contributed by atoms with Crippen LogP contribution >= 0.6 is 23.1 Å². The Balaban J connectivity index is 1.61. The van der Waals surface area contributed by atoms with Crippen LogP contribution in [0.2, 0.25) is 0 Å². The van der Waals surface area contributed by atoms with Gasteiger partial charge in [0.15, 0.2) is 4.34 Å². The minimum Gasteiger partial charge on any atom is -0.468 e. The molecular weight excluding hydrogens is 353 g/mol. The van der Waals surface area contributed by atoms with E-state index >= 15 is 0 Å². The summed E-state index contributed by atoms with van der Waals surface area (Å²) in [5.74, 6) is 0.224. The highest BCUT2D eigenvalue weighted by Crippen LogP contribution is 2.31. The lowest BCUT2D eigenvalue weighted by molar-refractivity contribution is 0.0598. The SMILES string of the molecule is COC(=O)c1ccoc1CSc1nnc(Nc2ccc(F)cc2)s1. The summed E-state index contributed by atoms with van der Waals surface area (Å²) in [5.41, 5.74) is 1.13. The maximum atomic E-state index is 12.9. The van der Waals surface area contributed by atoms with Gasteiger partial charge in [-0.05, 0) is 30.3 Å². The van der Waals surface area contributed by atoms with Crippen LogP contribution in [-0.2, 0) is 10.5 Å². The van der Waals surface area contributed by atoms with Crippen LogP contribution in [0.1, 0.15) is 16.1 Å². The van der Waals surface area contributed by atoms with E-state index in [0.29, 0.717) is 26.5 Å². The normalized spacial score (nSPS) is 10.6. The molecule has 0 aliphatic heterocycles. The lowest BCUT2D eigenvalue weighted by Gasteiger charge is -2.00. The van der Waals surface area contributed by atoms with Gasteiger partial charge in [0.05, 0.1) is 19.1 Å². The quantitative estimate of drug-likeness (QED) is 0.521. The van der Waals surface area contributed by atoms with Crippen LogP contribution in [0.15, 0.2) is 45.4 Å². The minimum absolute atomic E-state index is 0.297. The number of rotatable bonds is 6. The van der Waals surface area contributed by atoms with Gasteiger partial charge < -0.3 is 14.5 Å². The number of esters is 1. The number of hydrogen-bond donors (Lipinski definition) is 1. The fourth-order valence-corrected chi connectivity index (χ4v) is 3.57. The monoisotopic (exact) mass is 365 g/mol. The van der Waals surface area contributed by atoms with Crippen LogP contribution < -0.4 is 5.32 Å². The van der Waals surface area contributed by atoms with E-state index in [2.05, 4.69) is 15.5 Å². The predicted octanol–water partition coefficient (Wildman–Crippen LogP) is 4.09. The van der Waals surface area contributed by atoms with Gasteiger partial charge in [0.1, 0.15) is 17.1 Å². The molecule has 3 rings (SSSR count). The number of methoxy groups -OCH3 is 1. The molecular formula is C15H12FN3O3S2. The van der Waals surface area contributed by atoms with Gasteiger partial charge in [-0.25, -0.2) is 9.18 Å². The van der Waals surface area contributed by atoms with E-state index in [1.165, 1.54) is 48.6 Å². The summed E-state index contributed by atoms with van der Waals surface area (Å²) in [7, 11) is 1.32. The highest BCUT2D eigenvalue weighted by molar-refractivity contribution is 8.00. The first-order valence-corrected chi connectivity index (χ1v) is 8.59. The molecule has 0 saturated carbocycles. The zero-order valence-electron chi connectivity index (χ0n) is 12.5. The number of benzene rings is 1. The lowest BCUT2D eigenvalue weighted by atomic mass is 10.3. The van der Waals surface area contributed by atoms with Crippen molar-refractivity contribution in [3.63, 3.8) is 0 Å². The average Bonchev–Trinajstić information content (AvgIpc) is 3.23. The molecule has 6 nitrogen and oxygen atoms in total. The second-order valence-electron chi connectivity index (χ2n) is 4.54. The van der Waals surface area contributed by atoms with Crippen LogP contribution in [0.3, 0.4) is 0 Å². The van der Waals surface area contributed by atoms with Crippen molar-refractivity contribution in [1.29, 1.82) is 0 Å². The zero-order chi connectivity index (χ0) is 16.9. The molecule has 1 aromatic carbocycles. The predicted molar refractivity (Wildman–Crippen MR) is 89.2 cm³/mol. The maximum Gasteiger partial charge on any atom is 0.341 e.